The van der Waals surface area contributed by atoms with E-state index in [1.54, 1.807) is 18.0 Å². The molecule has 0 saturated heterocycles. The number of ether oxygens (including phenoxy) is 1. The molecule has 0 radical (unpaired) electrons. The first-order chi connectivity index (χ1) is 8.29. The number of hydrogen-bond acceptors (Lipinski definition) is 7. The Morgan fingerprint density at radius 2 is 2.47 bits per heavy atom. The first-order valence-corrected chi connectivity index (χ1v) is 6.85. The number of nitrogens with zero attached hydrogens (tertiary/aromatic N) is 5. The summed E-state index contributed by atoms with van der Waals surface area (Å²) in [5.41, 5.74) is 0. The van der Waals surface area contributed by atoms with Crippen LogP contribution in [0.1, 0.15) is 6.42 Å². The van der Waals surface area contributed by atoms with Gasteiger partial charge >= 0.3 is 0 Å². The predicted molar refractivity (Wildman–Crippen MR) is 65.6 cm³/mol. The summed E-state index contributed by atoms with van der Waals surface area (Å²) in [6, 6.07) is 0. The van der Waals surface area contributed by atoms with Gasteiger partial charge in [0.05, 0.1) is 6.20 Å². The van der Waals surface area contributed by atoms with Crippen molar-refractivity contribution in [1.82, 2.24) is 25.2 Å². The highest BCUT2D eigenvalue weighted by atomic mass is 35.5. The maximum atomic E-state index is 5.81. The number of rotatable bonds is 6. The van der Waals surface area contributed by atoms with Crippen molar-refractivity contribution in [3.63, 3.8) is 0 Å². The summed E-state index contributed by atoms with van der Waals surface area (Å²) in [7, 11) is 1.67. The lowest BCUT2D eigenvalue weighted by atomic mass is 10.5. The van der Waals surface area contributed by atoms with Gasteiger partial charge in [0.25, 0.3) is 0 Å². The van der Waals surface area contributed by atoms with E-state index in [0.717, 1.165) is 17.3 Å². The zero-order chi connectivity index (χ0) is 12.1. The van der Waals surface area contributed by atoms with E-state index in [0.29, 0.717) is 16.1 Å². The second-order valence-corrected chi connectivity index (χ2v) is 5.94. The second kappa shape index (κ2) is 6.29. The highest BCUT2D eigenvalue weighted by molar-refractivity contribution is 8.00. The molecule has 2 aromatic rings. The average Bonchev–Trinajstić information content (AvgIpc) is 2.90. The van der Waals surface area contributed by atoms with Crippen molar-refractivity contribution in [2.45, 2.75) is 22.5 Å². The minimum atomic E-state index is 0.658. The number of hydrogen-bond donors (Lipinski definition) is 0. The maximum absolute atomic E-state index is 5.81. The number of halogens is 1. The van der Waals surface area contributed by atoms with Crippen LogP contribution in [-0.4, -0.2) is 38.9 Å². The molecular formula is C8H10ClN5OS2. The van der Waals surface area contributed by atoms with Crippen LogP contribution in [0.25, 0.3) is 0 Å². The van der Waals surface area contributed by atoms with Crippen LogP contribution in [0.5, 0.6) is 0 Å². The van der Waals surface area contributed by atoms with Crippen molar-refractivity contribution in [1.29, 1.82) is 0 Å². The first kappa shape index (κ1) is 12.7. The van der Waals surface area contributed by atoms with Crippen molar-refractivity contribution < 1.29 is 4.74 Å². The molecule has 0 saturated carbocycles. The lowest BCUT2D eigenvalue weighted by molar-refractivity contribution is 0.187. The zero-order valence-electron chi connectivity index (χ0n) is 9.04. The minimum absolute atomic E-state index is 0.658. The summed E-state index contributed by atoms with van der Waals surface area (Å²) in [6.45, 7) is 1.41. The van der Waals surface area contributed by atoms with Crippen LogP contribution in [-0.2, 0) is 11.3 Å². The third kappa shape index (κ3) is 3.63. The molecule has 0 atom stereocenters. The molecule has 0 aliphatic carbocycles. The summed E-state index contributed by atoms with van der Waals surface area (Å²) in [5, 5.41) is 12.2. The van der Waals surface area contributed by atoms with Crippen molar-refractivity contribution in [3.8, 4) is 0 Å². The molecule has 0 fully saturated rings. The molecule has 0 spiro atoms. The van der Waals surface area contributed by atoms with Gasteiger partial charge in [-0.15, -0.1) is 5.10 Å². The van der Waals surface area contributed by atoms with Gasteiger partial charge in [0.2, 0.25) is 5.16 Å². The van der Waals surface area contributed by atoms with Gasteiger partial charge in [0.15, 0.2) is 4.34 Å². The Morgan fingerprint density at radius 3 is 3.18 bits per heavy atom. The van der Waals surface area contributed by atoms with E-state index < -0.39 is 0 Å². The number of aryl methyl sites for hydroxylation is 1. The van der Waals surface area contributed by atoms with E-state index in [-0.39, 0.29) is 0 Å². The molecule has 9 heteroatoms. The summed E-state index contributed by atoms with van der Waals surface area (Å²) in [6.07, 6.45) is 2.49. The Hall–Kier alpha value is -0.700. The topological polar surface area (TPSA) is 65.7 Å². The molecule has 0 amide bonds. The van der Waals surface area contributed by atoms with Crippen LogP contribution in [0.4, 0.5) is 0 Å². The monoisotopic (exact) mass is 291 g/mol. The molecule has 0 aromatic carbocycles. The Morgan fingerprint density at radius 1 is 1.59 bits per heavy atom. The zero-order valence-corrected chi connectivity index (χ0v) is 11.4. The van der Waals surface area contributed by atoms with E-state index in [1.165, 1.54) is 23.1 Å². The standard InChI is InChI=1S/C8H10ClN5OS2/c1-15-4-2-3-14-7(11-12-13-14)17-8-10-5-6(9)16-8/h5H,2-4H2,1H3. The third-order valence-electron chi connectivity index (χ3n) is 1.85. The van der Waals surface area contributed by atoms with Gasteiger partial charge in [-0.1, -0.05) is 22.9 Å². The van der Waals surface area contributed by atoms with E-state index >= 15 is 0 Å². The molecule has 2 rings (SSSR count). The van der Waals surface area contributed by atoms with Gasteiger partial charge in [0, 0.05) is 20.3 Å². The molecule has 2 heterocycles. The number of thiazole rings is 1. The largest absolute Gasteiger partial charge is 0.385 e. The molecule has 0 unspecified atom stereocenters. The Balaban J connectivity index is 1.98. The van der Waals surface area contributed by atoms with Crippen LogP contribution < -0.4 is 0 Å². The van der Waals surface area contributed by atoms with Crippen molar-refractivity contribution in [2.75, 3.05) is 13.7 Å². The van der Waals surface area contributed by atoms with Gasteiger partial charge in [-0.05, 0) is 28.6 Å². The first-order valence-electron chi connectivity index (χ1n) is 4.84. The van der Waals surface area contributed by atoms with E-state index in [9.17, 15) is 0 Å². The van der Waals surface area contributed by atoms with Crippen LogP contribution in [0.3, 0.4) is 0 Å². The fourth-order valence-electron chi connectivity index (χ4n) is 1.13. The lowest BCUT2D eigenvalue weighted by Gasteiger charge is -2.01. The quantitative estimate of drug-likeness (QED) is 0.758. The number of methoxy groups -OCH3 is 1. The normalized spacial score (nSPS) is 10.9. The average molecular weight is 292 g/mol. The molecule has 6 nitrogen and oxygen atoms in total. The Bertz CT molecular complexity index is 474. The summed E-state index contributed by atoms with van der Waals surface area (Å²) >= 11 is 8.63. The fourth-order valence-corrected chi connectivity index (χ4v) is 3.15. The molecule has 0 aliphatic rings. The molecule has 92 valence electrons. The summed E-state index contributed by atoms with van der Waals surface area (Å²) < 4.78 is 8.21. The molecule has 2 aromatic heterocycles. The fraction of sp³-hybridized carbons (Fsp3) is 0.500. The predicted octanol–water partition coefficient (Wildman–Crippen LogP) is 1.97. The molecule has 17 heavy (non-hydrogen) atoms. The van der Waals surface area contributed by atoms with Crippen molar-refractivity contribution in [2.24, 2.45) is 0 Å². The van der Waals surface area contributed by atoms with E-state index in [4.69, 9.17) is 16.3 Å². The Kier molecular flexibility index (Phi) is 4.72. The van der Waals surface area contributed by atoms with Gasteiger partial charge in [-0.2, -0.15) is 0 Å². The SMILES string of the molecule is COCCCn1nnnc1Sc1ncc(Cl)s1. The third-order valence-corrected chi connectivity index (χ3v) is 4.02. The van der Waals surface area contributed by atoms with Gasteiger partial charge in [0.1, 0.15) is 4.34 Å². The maximum Gasteiger partial charge on any atom is 0.216 e. The highest BCUT2D eigenvalue weighted by Crippen LogP contribution is 2.31. The highest BCUT2D eigenvalue weighted by Gasteiger charge is 2.10. The number of aromatic nitrogens is 5. The van der Waals surface area contributed by atoms with Crippen molar-refractivity contribution in [3.05, 3.63) is 10.5 Å². The van der Waals surface area contributed by atoms with Crippen LogP contribution in [0.15, 0.2) is 15.7 Å². The minimum Gasteiger partial charge on any atom is -0.385 e. The lowest BCUT2D eigenvalue weighted by Crippen LogP contribution is -2.04. The van der Waals surface area contributed by atoms with Gasteiger partial charge in [-0.3, -0.25) is 0 Å². The van der Waals surface area contributed by atoms with Crippen LogP contribution in [0, 0.1) is 0 Å². The Labute approximate surface area is 111 Å². The smallest absolute Gasteiger partial charge is 0.216 e. The molecule has 0 aliphatic heterocycles. The van der Waals surface area contributed by atoms with Gasteiger partial charge in [-0.25, -0.2) is 9.67 Å². The second-order valence-electron chi connectivity index (χ2n) is 3.06. The van der Waals surface area contributed by atoms with Gasteiger partial charge < -0.3 is 4.74 Å². The van der Waals surface area contributed by atoms with Crippen molar-refractivity contribution >= 4 is 34.7 Å². The van der Waals surface area contributed by atoms with Crippen LogP contribution >= 0.6 is 34.7 Å². The van der Waals surface area contributed by atoms with Crippen LogP contribution in [0.2, 0.25) is 4.34 Å². The molecule has 0 bridgehead atoms. The summed E-state index contributed by atoms with van der Waals surface area (Å²) in [4.78, 5) is 4.14. The molecule has 0 N–H and O–H groups in total. The van der Waals surface area contributed by atoms with E-state index in [1.807, 2.05) is 0 Å². The number of tetrazole rings is 1. The summed E-state index contributed by atoms with van der Waals surface area (Å²) in [5.74, 6) is 0. The molecular weight excluding hydrogens is 282 g/mol. The van der Waals surface area contributed by atoms with E-state index in [2.05, 4.69) is 20.5 Å².